The van der Waals surface area contributed by atoms with Gasteiger partial charge in [-0.1, -0.05) is 48.6 Å². The predicted octanol–water partition coefficient (Wildman–Crippen LogP) is 4.09. The van der Waals surface area contributed by atoms with Gasteiger partial charge in [0, 0.05) is 6.42 Å². The first-order valence-corrected chi connectivity index (χ1v) is 6.20. The molecule has 0 radical (unpaired) electrons. The van der Waals surface area contributed by atoms with Crippen LogP contribution in [0.5, 0.6) is 0 Å². The highest BCUT2D eigenvalue weighted by molar-refractivity contribution is 5.86. The summed E-state index contributed by atoms with van der Waals surface area (Å²) in [6.07, 6.45) is 1.42. The molecule has 92 valence electrons. The lowest BCUT2D eigenvalue weighted by atomic mass is 9.99. The maximum Gasteiger partial charge on any atom is 0.134 e. The topological polar surface area (TPSA) is 17.1 Å². The maximum absolute atomic E-state index is 11.2. The van der Waals surface area contributed by atoms with Crippen molar-refractivity contribution in [2.24, 2.45) is 0 Å². The Labute approximate surface area is 108 Å². The molecule has 0 fully saturated rings. The molecule has 1 heteroatoms. The lowest BCUT2D eigenvalue weighted by molar-refractivity contribution is -0.116. The number of rotatable bonds is 4. The van der Waals surface area contributed by atoms with Crippen molar-refractivity contribution in [1.29, 1.82) is 0 Å². The Kier molecular flexibility index (Phi) is 3.61. The molecule has 0 bridgehead atoms. The average molecular weight is 238 g/mol. The smallest absolute Gasteiger partial charge is 0.134 e. The first-order chi connectivity index (χ1) is 8.54. The third-order valence-electron chi connectivity index (χ3n) is 2.93. The summed E-state index contributed by atoms with van der Waals surface area (Å²) in [6, 6.07) is 12.7. The van der Waals surface area contributed by atoms with Gasteiger partial charge in [0.25, 0.3) is 0 Å². The third-order valence-corrected chi connectivity index (χ3v) is 2.93. The molecule has 0 heterocycles. The summed E-state index contributed by atoms with van der Waals surface area (Å²) in [5.41, 5.74) is 3.52. The lowest BCUT2D eigenvalue weighted by Crippen LogP contribution is -1.96. The average Bonchev–Trinajstić information content (AvgIpc) is 2.26. The number of ketones is 1. The van der Waals surface area contributed by atoms with E-state index in [0.29, 0.717) is 6.42 Å². The molecular formula is C17H18O. The molecular weight excluding hydrogens is 220 g/mol. The number of hydrogen-bond acceptors (Lipinski definition) is 1. The summed E-state index contributed by atoms with van der Waals surface area (Å²) in [7, 11) is 0. The number of carbonyl (C=O) groups excluding carboxylic acids is 1. The van der Waals surface area contributed by atoms with Gasteiger partial charge in [-0.2, -0.15) is 0 Å². The van der Waals surface area contributed by atoms with Crippen LogP contribution < -0.4 is 0 Å². The van der Waals surface area contributed by atoms with Crippen molar-refractivity contribution in [1.82, 2.24) is 0 Å². The van der Waals surface area contributed by atoms with Crippen molar-refractivity contribution in [3.8, 4) is 0 Å². The van der Waals surface area contributed by atoms with Crippen molar-refractivity contribution < 1.29 is 4.79 Å². The molecule has 2 rings (SSSR count). The van der Waals surface area contributed by atoms with Crippen LogP contribution in [0.2, 0.25) is 0 Å². The van der Waals surface area contributed by atoms with E-state index in [1.54, 1.807) is 6.92 Å². The normalized spacial score (nSPS) is 10.6. The Morgan fingerprint density at radius 1 is 0.944 bits per heavy atom. The Bertz CT molecular complexity index is 557. The second kappa shape index (κ2) is 5.18. The van der Waals surface area contributed by atoms with E-state index in [0.717, 1.165) is 17.6 Å². The molecule has 2 aromatic rings. The van der Waals surface area contributed by atoms with Crippen molar-refractivity contribution in [3.63, 3.8) is 0 Å². The fourth-order valence-corrected chi connectivity index (χ4v) is 2.20. The number of allylic oxidation sites excluding steroid dienone is 1. The van der Waals surface area contributed by atoms with Gasteiger partial charge in [0.2, 0.25) is 0 Å². The third kappa shape index (κ3) is 3.07. The van der Waals surface area contributed by atoms with Crippen molar-refractivity contribution in [3.05, 3.63) is 59.7 Å². The van der Waals surface area contributed by atoms with Gasteiger partial charge in [-0.05, 0) is 42.2 Å². The Morgan fingerprint density at radius 2 is 1.50 bits per heavy atom. The van der Waals surface area contributed by atoms with Crippen molar-refractivity contribution >= 4 is 16.6 Å². The monoisotopic (exact) mass is 238 g/mol. The van der Waals surface area contributed by atoms with Crippen LogP contribution in [0.15, 0.2) is 48.6 Å². The zero-order valence-corrected chi connectivity index (χ0v) is 11.0. The summed E-state index contributed by atoms with van der Waals surface area (Å²) in [4.78, 5) is 11.2. The van der Waals surface area contributed by atoms with E-state index < -0.39 is 0 Å². The fraction of sp³-hybridized carbons (Fsp3) is 0.235. The minimum absolute atomic E-state index is 0.201. The molecule has 1 nitrogen and oxygen atoms in total. The van der Waals surface area contributed by atoms with E-state index in [4.69, 9.17) is 0 Å². The largest absolute Gasteiger partial charge is 0.300 e. The molecule has 0 aliphatic rings. The Morgan fingerprint density at radius 3 is 2.00 bits per heavy atom. The number of fused-ring (bicyclic) bond motifs is 1. The Hall–Kier alpha value is -1.89. The highest BCUT2D eigenvalue weighted by Crippen LogP contribution is 2.19. The highest BCUT2D eigenvalue weighted by Gasteiger charge is 2.01. The quantitative estimate of drug-likeness (QED) is 0.733. The van der Waals surface area contributed by atoms with Crippen LogP contribution in [0.4, 0.5) is 0 Å². The summed E-state index contributed by atoms with van der Waals surface area (Å²) in [6.45, 7) is 7.61. The van der Waals surface area contributed by atoms with E-state index in [1.165, 1.54) is 16.3 Å². The molecule has 0 amide bonds. The van der Waals surface area contributed by atoms with Crippen LogP contribution in [-0.4, -0.2) is 5.78 Å². The minimum Gasteiger partial charge on any atom is -0.300 e. The number of benzene rings is 2. The number of carbonyl (C=O) groups is 1. The van der Waals surface area contributed by atoms with Crippen LogP contribution in [0.25, 0.3) is 10.8 Å². The molecule has 0 atom stereocenters. The zero-order chi connectivity index (χ0) is 13.1. The van der Waals surface area contributed by atoms with Gasteiger partial charge in [0.15, 0.2) is 0 Å². The van der Waals surface area contributed by atoms with Crippen LogP contribution in [-0.2, 0) is 17.6 Å². The highest BCUT2D eigenvalue weighted by atomic mass is 16.1. The van der Waals surface area contributed by atoms with E-state index in [1.807, 2.05) is 13.0 Å². The lowest BCUT2D eigenvalue weighted by Gasteiger charge is -2.05. The van der Waals surface area contributed by atoms with Gasteiger partial charge in [-0.15, -0.1) is 0 Å². The zero-order valence-electron chi connectivity index (χ0n) is 11.0. The molecule has 2 aromatic carbocycles. The molecule has 0 saturated heterocycles. The van der Waals surface area contributed by atoms with E-state index in [-0.39, 0.29) is 5.78 Å². The predicted molar refractivity (Wildman–Crippen MR) is 76.9 cm³/mol. The summed E-state index contributed by atoms with van der Waals surface area (Å²) in [5, 5.41) is 2.42. The first-order valence-electron chi connectivity index (χ1n) is 6.20. The molecule has 18 heavy (non-hydrogen) atoms. The van der Waals surface area contributed by atoms with Crippen molar-refractivity contribution in [2.75, 3.05) is 0 Å². The van der Waals surface area contributed by atoms with Gasteiger partial charge < -0.3 is 0 Å². The number of hydrogen-bond donors (Lipinski definition) is 0. The molecule has 0 aliphatic heterocycles. The van der Waals surface area contributed by atoms with Crippen LogP contribution >= 0.6 is 0 Å². The molecule has 0 N–H and O–H groups in total. The van der Waals surface area contributed by atoms with Crippen LogP contribution in [0, 0.1) is 0 Å². The van der Waals surface area contributed by atoms with Crippen molar-refractivity contribution in [2.45, 2.75) is 26.7 Å². The Balaban J connectivity index is 2.39. The SMILES string of the molecule is C=C(C)Cc1ccc2ccc(CC(C)=O)cc2c1. The first kappa shape index (κ1) is 12.6. The standard InChI is InChI=1S/C17H18O/c1-12(2)8-14-4-6-16-7-5-15(9-13(3)18)11-17(16)10-14/h4-7,10-11H,1,8-9H2,2-3H3. The minimum atomic E-state index is 0.201. The van der Waals surface area contributed by atoms with Gasteiger partial charge in [-0.25, -0.2) is 0 Å². The van der Waals surface area contributed by atoms with Gasteiger partial charge in [0.1, 0.15) is 5.78 Å². The fourth-order valence-electron chi connectivity index (χ4n) is 2.20. The second-order valence-electron chi connectivity index (χ2n) is 5.03. The summed E-state index contributed by atoms with van der Waals surface area (Å²) >= 11 is 0. The number of Topliss-reactive ketones (excluding diaryl/α,β-unsaturated/α-hetero) is 1. The van der Waals surface area contributed by atoms with E-state index >= 15 is 0 Å². The van der Waals surface area contributed by atoms with Crippen LogP contribution in [0.1, 0.15) is 25.0 Å². The summed E-state index contributed by atoms with van der Waals surface area (Å²) in [5.74, 6) is 0.201. The summed E-state index contributed by atoms with van der Waals surface area (Å²) < 4.78 is 0. The molecule has 0 unspecified atom stereocenters. The molecule has 0 aliphatic carbocycles. The molecule has 0 spiro atoms. The maximum atomic E-state index is 11.2. The van der Waals surface area contributed by atoms with Gasteiger partial charge in [-0.3, -0.25) is 4.79 Å². The van der Waals surface area contributed by atoms with Crippen LogP contribution in [0.3, 0.4) is 0 Å². The van der Waals surface area contributed by atoms with Gasteiger partial charge in [0.05, 0.1) is 0 Å². The molecule has 0 aromatic heterocycles. The van der Waals surface area contributed by atoms with Gasteiger partial charge >= 0.3 is 0 Å². The van der Waals surface area contributed by atoms with E-state index in [9.17, 15) is 4.79 Å². The second-order valence-corrected chi connectivity index (χ2v) is 5.03. The van der Waals surface area contributed by atoms with E-state index in [2.05, 4.69) is 36.9 Å². The molecule has 0 saturated carbocycles.